The zero-order chi connectivity index (χ0) is 23.5. The van der Waals surface area contributed by atoms with Gasteiger partial charge in [-0.2, -0.15) is 0 Å². The Kier molecular flexibility index (Phi) is 6.05. The summed E-state index contributed by atoms with van der Waals surface area (Å²) in [6.07, 6.45) is 2.84. The van der Waals surface area contributed by atoms with Crippen molar-refractivity contribution < 1.29 is 14.5 Å². The second-order valence-electron chi connectivity index (χ2n) is 8.22. The molecule has 3 heterocycles. The van der Waals surface area contributed by atoms with E-state index < -0.39 is 4.92 Å². The Balaban J connectivity index is 1.54. The van der Waals surface area contributed by atoms with Crippen LogP contribution in [0.5, 0.6) is 0 Å². The maximum atomic E-state index is 12.8. The van der Waals surface area contributed by atoms with Gasteiger partial charge in [0.1, 0.15) is 5.65 Å². The van der Waals surface area contributed by atoms with Crippen LogP contribution >= 0.6 is 0 Å². The number of aromatic nitrogens is 2. The number of benzene rings is 2. The normalized spacial score (nSPS) is 13.8. The molecule has 0 N–H and O–H groups in total. The summed E-state index contributed by atoms with van der Waals surface area (Å²) in [4.78, 5) is 30.4. The minimum atomic E-state index is -0.393. The largest absolute Gasteiger partial charge is 0.378 e. The van der Waals surface area contributed by atoms with Crippen molar-refractivity contribution in [1.82, 2.24) is 14.3 Å². The Hall–Kier alpha value is -4.04. The van der Waals surface area contributed by atoms with Crippen LogP contribution in [-0.2, 0) is 16.0 Å². The van der Waals surface area contributed by atoms with Gasteiger partial charge in [0.15, 0.2) is 0 Å². The van der Waals surface area contributed by atoms with Crippen LogP contribution in [0.3, 0.4) is 0 Å². The summed E-state index contributed by atoms with van der Waals surface area (Å²) in [5.74, 6) is 0.104. The number of imidazole rings is 1. The first-order valence-corrected chi connectivity index (χ1v) is 11.3. The topological polar surface area (TPSA) is 90.0 Å². The zero-order valence-electron chi connectivity index (χ0n) is 18.6. The summed E-state index contributed by atoms with van der Waals surface area (Å²) in [6, 6.07) is 20.3. The zero-order valence-corrected chi connectivity index (χ0v) is 18.6. The molecule has 2 aromatic heterocycles. The molecule has 34 heavy (non-hydrogen) atoms. The van der Waals surface area contributed by atoms with Crippen molar-refractivity contribution in [2.24, 2.45) is 0 Å². The van der Waals surface area contributed by atoms with E-state index in [0.29, 0.717) is 39.1 Å². The fourth-order valence-electron chi connectivity index (χ4n) is 4.33. The van der Waals surface area contributed by atoms with Crippen molar-refractivity contribution >= 4 is 17.2 Å². The van der Waals surface area contributed by atoms with Crippen LogP contribution in [0.4, 0.5) is 5.69 Å². The molecule has 0 radical (unpaired) electrons. The lowest BCUT2D eigenvalue weighted by Gasteiger charge is -2.26. The summed E-state index contributed by atoms with van der Waals surface area (Å²) >= 11 is 0. The van der Waals surface area contributed by atoms with Gasteiger partial charge in [-0.15, -0.1) is 0 Å². The molecular formula is C26H24N4O4. The van der Waals surface area contributed by atoms with Crippen LogP contribution in [0, 0.1) is 10.1 Å². The molecule has 172 valence electrons. The van der Waals surface area contributed by atoms with E-state index in [1.807, 2.05) is 64.0 Å². The van der Waals surface area contributed by atoms with Gasteiger partial charge in [0, 0.05) is 43.4 Å². The van der Waals surface area contributed by atoms with E-state index in [0.717, 1.165) is 33.7 Å². The first-order valence-electron chi connectivity index (χ1n) is 11.3. The Morgan fingerprint density at radius 2 is 1.74 bits per heavy atom. The third kappa shape index (κ3) is 4.40. The number of rotatable bonds is 6. The molecule has 4 aromatic rings. The van der Waals surface area contributed by atoms with E-state index in [-0.39, 0.29) is 11.6 Å². The number of fused-ring (bicyclic) bond motifs is 1. The summed E-state index contributed by atoms with van der Waals surface area (Å²) < 4.78 is 7.37. The molecule has 5 rings (SSSR count). The Labute approximate surface area is 196 Å². The minimum absolute atomic E-state index is 0.0459. The molecule has 1 amide bonds. The highest BCUT2D eigenvalue weighted by atomic mass is 16.6. The molecule has 2 aromatic carbocycles. The third-order valence-corrected chi connectivity index (χ3v) is 6.09. The van der Waals surface area contributed by atoms with Crippen LogP contribution in [0.15, 0.2) is 72.9 Å². The molecule has 8 heteroatoms. The summed E-state index contributed by atoms with van der Waals surface area (Å²) in [7, 11) is 0. The lowest BCUT2D eigenvalue weighted by molar-refractivity contribution is -0.384. The molecule has 0 unspecified atom stereocenters. The van der Waals surface area contributed by atoms with Gasteiger partial charge in [-0.3, -0.25) is 14.9 Å². The van der Waals surface area contributed by atoms with Crippen molar-refractivity contribution in [3.63, 3.8) is 0 Å². The molecule has 1 fully saturated rings. The lowest BCUT2D eigenvalue weighted by Crippen LogP contribution is -2.40. The average Bonchev–Trinajstić information content (AvgIpc) is 3.26. The molecule has 1 aliphatic rings. The number of pyridine rings is 1. The van der Waals surface area contributed by atoms with Gasteiger partial charge in [-0.25, -0.2) is 4.98 Å². The van der Waals surface area contributed by atoms with Crippen LogP contribution < -0.4 is 0 Å². The monoisotopic (exact) mass is 456 g/mol. The Morgan fingerprint density at radius 1 is 0.971 bits per heavy atom. The van der Waals surface area contributed by atoms with Gasteiger partial charge >= 0.3 is 0 Å². The molecule has 8 nitrogen and oxygen atoms in total. The van der Waals surface area contributed by atoms with Gasteiger partial charge in [-0.05, 0) is 29.7 Å². The van der Waals surface area contributed by atoms with Crippen LogP contribution in [0.25, 0.3) is 28.0 Å². The molecule has 1 saturated heterocycles. The standard InChI is InChI=1S/C26H24N4O4/c31-25(28-13-15-34-16-14-28)12-10-23-26(19-5-2-1-3-6-19)27-24-11-9-21(18-29(23)24)20-7-4-8-22(17-20)30(32)33/h1-9,11,17-18H,10,12-16H2. The lowest BCUT2D eigenvalue weighted by atomic mass is 10.1. The van der Waals surface area contributed by atoms with E-state index in [2.05, 4.69) is 0 Å². The van der Waals surface area contributed by atoms with Crippen molar-refractivity contribution in [2.45, 2.75) is 12.8 Å². The maximum absolute atomic E-state index is 12.8. The number of hydrogen-bond acceptors (Lipinski definition) is 5. The van der Waals surface area contributed by atoms with Gasteiger partial charge in [0.05, 0.1) is 29.5 Å². The highest BCUT2D eigenvalue weighted by molar-refractivity contribution is 5.77. The highest BCUT2D eigenvalue weighted by Crippen LogP contribution is 2.29. The second-order valence-corrected chi connectivity index (χ2v) is 8.22. The maximum Gasteiger partial charge on any atom is 0.270 e. The predicted octanol–water partition coefficient (Wildman–Crippen LogP) is 4.37. The number of carbonyl (C=O) groups excluding carboxylic acids is 1. The summed E-state index contributed by atoms with van der Waals surface area (Å²) in [6.45, 7) is 2.38. The van der Waals surface area contributed by atoms with Crippen LogP contribution in [0.1, 0.15) is 12.1 Å². The number of non-ortho nitro benzene ring substituents is 1. The number of morpholine rings is 1. The molecule has 0 aliphatic carbocycles. The van der Waals surface area contributed by atoms with Crippen molar-refractivity contribution in [1.29, 1.82) is 0 Å². The number of nitrogens with zero attached hydrogens (tertiary/aromatic N) is 4. The van der Waals surface area contributed by atoms with E-state index in [4.69, 9.17) is 9.72 Å². The third-order valence-electron chi connectivity index (χ3n) is 6.09. The quantitative estimate of drug-likeness (QED) is 0.318. The van der Waals surface area contributed by atoms with E-state index in [9.17, 15) is 14.9 Å². The number of aryl methyl sites for hydroxylation is 1. The molecule has 0 spiro atoms. The van der Waals surface area contributed by atoms with E-state index >= 15 is 0 Å². The van der Waals surface area contributed by atoms with Gasteiger partial charge in [0.2, 0.25) is 5.91 Å². The van der Waals surface area contributed by atoms with Crippen molar-refractivity contribution in [3.05, 3.63) is 88.7 Å². The average molecular weight is 457 g/mol. The van der Waals surface area contributed by atoms with Crippen LogP contribution in [-0.4, -0.2) is 51.4 Å². The van der Waals surface area contributed by atoms with E-state index in [1.54, 1.807) is 12.1 Å². The van der Waals surface area contributed by atoms with Crippen molar-refractivity contribution in [2.75, 3.05) is 26.3 Å². The first kappa shape index (κ1) is 21.8. The fraction of sp³-hybridized carbons (Fsp3) is 0.231. The number of nitro groups is 1. The number of hydrogen-bond donors (Lipinski definition) is 0. The molecular weight excluding hydrogens is 432 g/mol. The summed E-state index contributed by atoms with van der Waals surface area (Å²) in [5, 5.41) is 11.2. The van der Waals surface area contributed by atoms with Gasteiger partial charge in [-0.1, -0.05) is 42.5 Å². The Bertz CT molecular complexity index is 1340. The minimum Gasteiger partial charge on any atom is -0.378 e. The van der Waals surface area contributed by atoms with Crippen LogP contribution in [0.2, 0.25) is 0 Å². The number of amides is 1. The Morgan fingerprint density at radius 3 is 2.50 bits per heavy atom. The first-order chi connectivity index (χ1) is 16.6. The molecule has 0 atom stereocenters. The predicted molar refractivity (Wildman–Crippen MR) is 128 cm³/mol. The summed E-state index contributed by atoms with van der Waals surface area (Å²) in [5.41, 5.74) is 5.17. The smallest absolute Gasteiger partial charge is 0.270 e. The fourth-order valence-corrected chi connectivity index (χ4v) is 4.33. The number of carbonyl (C=O) groups is 1. The SMILES string of the molecule is O=C(CCc1c(-c2ccccc2)nc2ccc(-c3cccc([N+](=O)[O-])c3)cn12)N1CCOCC1. The van der Waals surface area contributed by atoms with Gasteiger partial charge in [0.25, 0.3) is 5.69 Å². The van der Waals surface area contributed by atoms with Crippen molar-refractivity contribution in [3.8, 4) is 22.4 Å². The molecule has 0 saturated carbocycles. The molecule has 0 bridgehead atoms. The number of ether oxygens (including phenoxy) is 1. The molecule has 1 aliphatic heterocycles. The second kappa shape index (κ2) is 9.44. The number of nitro benzene ring substituents is 1. The van der Waals surface area contributed by atoms with E-state index in [1.165, 1.54) is 6.07 Å². The highest BCUT2D eigenvalue weighted by Gasteiger charge is 2.20. The van der Waals surface area contributed by atoms with Gasteiger partial charge < -0.3 is 14.0 Å².